The fraction of sp³-hybridized carbons (Fsp3) is 0.533. The molecule has 1 aromatic carbocycles. The molecular formula is C15H23ClN2O2. The summed E-state index contributed by atoms with van der Waals surface area (Å²) >= 11 is 0. The molecule has 0 atom stereocenters. The van der Waals surface area contributed by atoms with E-state index in [4.69, 9.17) is 4.74 Å². The molecule has 0 radical (unpaired) electrons. The van der Waals surface area contributed by atoms with Gasteiger partial charge in [-0.05, 0) is 56.5 Å². The first-order chi connectivity index (χ1) is 9.19. The molecule has 1 aliphatic heterocycles. The van der Waals surface area contributed by atoms with E-state index in [-0.39, 0.29) is 18.3 Å². The summed E-state index contributed by atoms with van der Waals surface area (Å²) in [6.07, 6.45) is 2.76. The number of anilines is 1. The maximum atomic E-state index is 12.0. The quantitative estimate of drug-likeness (QED) is 0.898. The summed E-state index contributed by atoms with van der Waals surface area (Å²) in [4.78, 5) is 12.0. The van der Waals surface area contributed by atoms with Crippen molar-refractivity contribution in [3.05, 3.63) is 23.8 Å². The second kappa shape index (κ2) is 8.12. The van der Waals surface area contributed by atoms with Gasteiger partial charge in [-0.15, -0.1) is 12.4 Å². The van der Waals surface area contributed by atoms with Gasteiger partial charge < -0.3 is 15.4 Å². The maximum Gasteiger partial charge on any atom is 0.224 e. The van der Waals surface area contributed by atoms with Crippen molar-refractivity contribution < 1.29 is 9.53 Å². The van der Waals surface area contributed by atoms with Crippen molar-refractivity contribution in [1.29, 1.82) is 0 Å². The SMILES string of the molecule is COc1cc(C)ccc1NC(=O)CC1CCNCC1.Cl. The average molecular weight is 299 g/mol. The minimum absolute atomic E-state index is 0. The molecule has 1 fully saturated rings. The molecule has 0 unspecified atom stereocenters. The largest absolute Gasteiger partial charge is 0.495 e. The molecule has 0 aliphatic carbocycles. The molecule has 1 saturated heterocycles. The average Bonchev–Trinajstić information content (AvgIpc) is 2.42. The summed E-state index contributed by atoms with van der Waals surface area (Å²) in [7, 11) is 1.62. The van der Waals surface area contributed by atoms with Crippen molar-refractivity contribution >= 4 is 24.0 Å². The lowest BCUT2D eigenvalue weighted by molar-refractivity contribution is -0.117. The van der Waals surface area contributed by atoms with E-state index in [1.165, 1.54) is 0 Å². The normalized spacial score (nSPS) is 15.3. The first-order valence-electron chi connectivity index (χ1n) is 6.84. The van der Waals surface area contributed by atoms with Gasteiger partial charge in [0.2, 0.25) is 5.91 Å². The summed E-state index contributed by atoms with van der Waals surface area (Å²) < 4.78 is 5.29. The molecule has 0 bridgehead atoms. The van der Waals surface area contributed by atoms with Gasteiger partial charge in [0.25, 0.3) is 0 Å². The van der Waals surface area contributed by atoms with Crippen molar-refractivity contribution in [3.63, 3.8) is 0 Å². The third-order valence-electron chi connectivity index (χ3n) is 3.56. The highest BCUT2D eigenvalue weighted by molar-refractivity contribution is 5.92. The third kappa shape index (κ3) is 4.69. The number of piperidine rings is 1. The molecular weight excluding hydrogens is 276 g/mol. The molecule has 5 heteroatoms. The Bertz CT molecular complexity index is 445. The molecule has 2 N–H and O–H groups in total. The summed E-state index contributed by atoms with van der Waals surface area (Å²) in [5.74, 6) is 1.30. The van der Waals surface area contributed by atoms with E-state index in [1.54, 1.807) is 7.11 Å². The number of halogens is 1. The number of carbonyl (C=O) groups is 1. The van der Waals surface area contributed by atoms with Crippen molar-refractivity contribution in [3.8, 4) is 5.75 Å². The van der Waals surface area contributed by atoms with Gasteiger partial charge in [0, 0.05) is 6.42 Å². The minimum atomic E-state index is 0. The molecule has 112 valence electrons. The molecule has 0 aromatic heterocycles. The number of rotatable bonds is 4. The first-order valence-corrected chi connectivity index (χ1v) is 6.84. The fourth-order valence-electron chi connectivity index (χ4n) is 2.45. The van der Waals surface area contributed by atoms with E-state index in [0.717, 1.165) is 42.9 Å². The molecule has 2 rings (SSSR count). The van der Waals surface area contributed by atoms with Crippen molar-refractivity contribution in [2.45, 2.75) is 26.2 Å². The smallest absolute Gasteiger partial charge is 0.224 e. The van der Waals surface area contributed by atoms with Gasteiger partial charge in [0.05, 0.1) is 12.8 Å². The summed E-state index contributed by atoms with van der Waals surface area (Å²) in [6, 6.07) is 5.80. The van der Waals surface area contributed by atoms with E-state index >= 15 is 0 Å². The molecule has 1 amide bonds. The van der Waals surface area contributed by atoms with Crippen LogP contribution in [0.5, 0.6) is 5.75 Å². The number of ether oxygens (including phenoxy) is 1. The van der Waals surface area contributed by atoms with Gasteiger partial charge >= 0.3 is 0 Å². The predicted octanol–water partition coefficient (Wildman–Crippen LogP) is 2.75. The number of amides is 1. The lowest BCUT2D eigenvalue weighted by atomic mass is 9.94. The fourth-order valence-corrected chi connectivity index (χ4v) is 2.45. The maximum absolute atomic E-state index is 12.0. The molecule has 0 saturated carbocycles. The van der Waals surface area contributed by atoms with E-state index in [9.17, 15) is 4.79 Å². The Balaban J connectivity index is 0.00000200. The highest BCUT2D eigenvalue weighted by Gasteiger charge is 2.17. The number of benzene rings is 1. The van der Waals surface area contributed by atoms with Crippen LogP contribution in [-0.4, -0.2) is 26.1 Å². The standard InChI is InChI=1S/C15H22N2O2.ClH/c1-11-3-4-13(14(9-11)19-2)17-15(18)10-12-5-7-16-8-6-12;/h3-4,9,12,16H,5-8,10H2,1-2H3,(H,17,18);1H. The highest BCUT2D eigenvalue weighted by Crippen LogP contribution is 2.26. The Labute approximate surface area is 126 Å². The van der Waals surface area contributed by atoms with Crippen LogP contribution in [0.4, 0.5) is 5.69 Å². The van der Waals surface area contributed by atoms with Crippen LogP contribution >= 0.6 is 12.4 Å². The van der Waals surface area contributed by atoms with Gasteiger partial charge in [0.15, 0.2) is 0 Å². The van der Waals surface area contributed by atoms with Gasteiger partial charge in [0.1, 0.15) is 5.75 Å². The van der Waals surface area contributed by atoms with Gasteiger partial charge in [-0.2, -0.15) is 0 Å². The van der Waals surface area contributed by atoms with Crippen molar-refractivity contribution in [1.82, 2.24) is 5.32 Å². The van der Waals surface area contributed by atoms with Crippen LogP contribution in [0, 0.1) is 12.8 Å². The molecule has 1 aromatic rings. The monoisotopic (exact) mass is 298 g/mol. The van der Waals surface area contributed by atoms with E-state index < -0.39 is 0 Å². The zero-order valence-corrected chi connectivity index (χ0v) is 12.9. The summed E-state index contributed by atoms with van der Waals surface area (Å²) in [5.41, 5.74) is 1.88. The van der Waals surface area contributed by atoms with Crippen LogP contribution in [0.2, 0.25) is 0 Å². The summed E-state index contributed by atoms with van der Waals surface area (Å²) in [5, 5.41) is 6.26. The number of nitrogens with one attached hydrogen (secondary N) is 2. The Morgan fingerprint density at radius 3 is 2.75 bits per heavy atom. The number of carbonyl (C=O) groups excluding carboxylic acids is 1. The summed E-state index contributed by atoms with van der Waals surface area (Å²) in [6.45, 7) is 4.04. The zero-order chi connectivity index (χ0) is 13.7. The van der Waals surface area contributed by atoms with Gasteiger partial charge in [-0.3, -0.25) is 4.79 Å². The van der Waals surface area contributed by atoms with Crippen LogP contribution in [0.1, 0.15) is 24.8 Å². The molecule has 0 spiro atoms. The first kappa shape index (κ1) is 16.8. The van der Waals surface area contributed by atoms with Crippen molar-refractivity contribution in [2.75, 3.05) is 25.5 Å². The van der Waals surface area contributed by atoms with Crippen LogP contribution in [-0.2, 0) is 4.79 Å². The van der Waals surface area contributed by atoms with Gasteiger partial charge in [-0.25, -0.2) is 0 Å². The van der Waals surface area contributed by atoms with Gasteiger partial charge in [-0.1, -0.05) is 6.07 Å². The lowest BCUT2D eigenvalue weighted by Gasteiger charge is -2.22. The van der Waals surface area contributed by atoms with E-state index in [2.05, 4.69) is 10.6 Å². The molecule has 20 heavy (non-hydrogen) atoms. The van der Waals surface area contributed by atoms with Crippen LogP contribution < -0.4 is 15.4 Å². The topological polar surface area (TPSA) is 50.4 Å². The number of methoxy groups -OCH3 is 1. The lowest BCUT2D eigenvalue weighted by Crippen LogP contribution is -2.30. The Kier molecular flexibility index (Phi) is 6.82. The van der Waals surface area contributed by atoms with Crippen molar-refractivity contribution in [2.24, 2.45) is 5.92 Å². The number of aryl methyl sites for hydroxylation is 1. The number of hydrogen-bond donors (Lipinski definition) is 2. The van der Waals surface area contributed by atoms with Crippen LogP contribution in [0.15, 0.2) is 18.2 Å². The second-order valence-electron chi connectivity index (χ2n) is 5.15. The Morgan fingerprint density at radius 2 is 2.10 bits per heavy atom. The second-order valence-corrected chi connectivity index (χ2v) is 5.15. The van der Waals surface area contributed by atoms with Crippen LogP contribution in [0.25, 0.3) is 0 Å². The number of hydrogen-bond acceptors (Lipinski definition) is 3. The Hall–Kier alpha value is -1.26. The third-order valence-corrected chi connectivity index (χ3v) is 3.56. The Morgan fingerprint density at radius 1 is 1.40 bits per heavy atom. The minimum Gasteiger partial charge on any atom is -0.495 e. The predicted molar refractivity (Wildman–Crippen MR) is 83.8 cm³/mol. The molecule has 1 aliphatic rings. The van der Waals surface area contributed by atoms with E-state index in [0.29, 0.717) is 12.3 Å². The zero-order valence-electron chi connectivity index (χ0n) is 12.1. The van der Waals surface area contributed by atoms with Crippen LogP contribution in [0.3, 0.4) is 0 Å². The van der Waals surface area contributed by atoms with E-state index in [1.807, 2.05) is 25.1 Å². The highest BCUT2D eigenvalue weighted by atomic mass is 35.5. The molecule has 1 heterocycles. The molecule has 4 nitrogen and oxygen atoms in total.